The van der Waals surface area contributed by atoms with Gasteiger partial charge >= 0.3 is 12.1 Å². The number of unbranched alkanes of at least 4 members (excludes halogenated alkanes) is 22. The van der Waals surface area contributed by atoms with Gasteiger partial charge in [-0.1, -0.05) is 141 Å². The van der Waals surface area contributed by atoms with Gasteiger partial charge in [-0.15, -0.1) is 0 Å². The summed E-state index contributed by atoms with van der Waals surface area (Å²) in [5.41, 5.74) is 16.2. The van der Waals surface area contributed by atoms with Gasteiger partial charge in [0.15, 0.2) is 5.96 Å². The number of nitrogens with one attached hydrogen (secondary N) is 3. The second kappa shape index (κ2) is 48.0. The molecular formula is C52H95F3N8O7. The number of halogens is 3. The third kappa shape index (κ3) is 48.4. The highest BCUT2D eigenvalue weighted by molar-refractivity contribution is 5.88. The van der Waals surface area contributed by atoms with E-state index in [1.807, 2.05) is 0 Å². The SMILES string of the molecule is CCCCCCCC/C=C\CCCCCCCC(=O)NCCN(CCNC(=O)CCCCCCC/C=C\CCCCCCCC)C(=O)CCC(=O)N[C@@H](CCCN=C(N)N)C(N)=O.O=C(O)C(F)(F)F. The van der Waals surface area contributed by atoms with Crippen molar-refractivity contribution in [2.75, 3.05) is 32.7 Å². The van der Waals surface area contributed by atoms with Crippen LogP contribution in [0.4, 0.5) is 13.2 Å². The van der Waals surface area contributed by atoms with Gasteiger partial charge < -0.3 is 43.2 Å². The molecule has 0 aliphatic carbocycles. The van der Waals surface area contributed by atoms with Crippen molar-refractivity contribution in [3.8, 4) is 0 Å². The van der Waals surface area contributed by atoms with E-state index in [2.05, 4.69) is 59.1 Å². The van der Waals surface area contributed by atoms with Crippen LogP contribution >= 0.6 is 0 Å². The molecule has 0 aliphatic heterocycles. The lowest BCUT2D eigenvalue weighted by atomic mass is 10.1. The lowest BCUT2D eigenvalue weighted by Crippen LogP contribution is -2.45. The van der Waals surface area contributed by atoms with E-state index in [4.69, 9.17) is 27.1 Å². The van der Waals surface area contributed by atoms with Gasteiger partial charge in [0.25, 0.3) is 0 Å². The quantitative estimate of drug-likeness (QED) is 0.0133. The van der Waals surface area contributed by atoms with Gasteiger partial charge in [-0.05, 0) is 77.0 Å². The average molecular weight is 1000 g/mol. The second-order valence-corrected chi connectivity index (χ2v) is 18.0. The molecule has 10 N–H and O–H groups in total. The summed E-state index contributed by atoms with van der Waals surface area (Å²) in [6.45, 7) is 5.82. The van der Waals surface area contributed by atoms with Gasteiger partial charge in [0.05, 0.1) is 0 Å². The molecule has 0 heterocycles. The summed E-state index contributed by atoms with van der Waals surface area (Å²) >= 11 is 0. The first-order valence-corrected chi connectivity index (χ1v) is 26.6. The largest absolute Gasteiger partial charge is 0.490 e. The van der Waals surface area contributed by atoms with Crippen LogP contribution in [0.1, 0.15) is 219 Å². The Kier molecular flexibility index (Phi) is 46.3. The number of alkyl halides is 3. The maximum atomic E-state index is 13.3. The minimum absolute atomic E-state index is 0.0509. The number of allylic oxidation sites excluding steroid dienone is 4. The number of hydrogen-bond donors (Lipinski definition) is 7. The molecule has 0 saturated heterocycles. The highest BCUT2D eigenvalue weighted by Gasteiger charge is 2.38. The number of guanidine groups is 1. The molecule has 0 aromatic rings. The van der Waals surface area contributed by atoms with Gasteiger partial charge in [-0.3, -0.25) is 29.0 Å². The summed E-state index contributed by atoms with van der Waals surface area (Å²) in [6.07, 6.45) is 36.6. The topological polar surface area (TPSA) is 252 Å². The third-order valence-electron chi connectivity index (χ3n) is 11.5. The Morgan fingerprint density at radius 3 is 1.27 bits per heavy atom. The number of carbonyl (C=O) groups excluding carboxylic acids is 5. The zero-order valence-corrected chi connectivity index (χ0v) is 43.2. The summed E-state index contributed by atoms with van der Waals surface area (Å²) in [7, 11) is 0. The van der Waals surface area contributed by atoms with Gasteiger partial charge in [0, 0.05) is 58.4 Å². The predicted octanol–water partition coefficient (Wildman–Crippen LogP) is 9.56. The molecule has 0 radical (unpaired) electrons. The van der Waals surface area contributed by atoms with Gasteiger partial charge in [-0.2, -0.15) is 13.2 Å². The van der Waals surface area contributed by atoms with Gasteiger partial charge in [-0.25, -0.2) is 4.79 Å². The van der Waals surface area contributed by atoms with E-state index < -0.39 is 30.0 Å². The van der Waals surface area contributed by atoms with Crippen molar-refractivity contribution in [2.24, 2.45) is 22.2 Å². The minimum atomic E-state index is -5.08. The van der Waals surface area contributed by atoms with E-state index in [-0.39, 0.29) is 75.7 Å². The number of carbonyl (C=O) groups is 6. The number of nitrogens with two attached hydrogens (primary N) is 3. The molecule has 0 saturated carbocycles. The number of primary amides is 1. The summed E-state index contributed by atoms with van der Waals surface area (Å²) < 4.78 is 31.7. The Balaban J connectivity index is 0. The molecule has 15 nitrogen and oxygen atoms in total. The number of hydrogen-bond acceptors (Lipinski definition) is 7. The molecular weight excluding hydrogens is 906 g/mol. The number of aliphatic carboxylic acids is 1. The van der Waals surface area contributed by atoms with E-state index in [9.17, 15) is 37.1 Å². The van der Waals surface area contributed by atoms with Crippen molar-refractivity contribution >= 4 is 41.5 Å². The highest BCUT2D eigenvalue weighted by atomic mass is 19.4. The van der Waals surface area contributed by atoms with Crippen LogP contribution < -0.4 is 33.2 Å². The predicted molar refractivity (Wildman–Crippen MR) is 275 cm³/mol. The Morgan fingerprint density at radius 1 is 0.543 bits per heavy atom. The molecule has 0 rings (SSSR count). The summed E-state index contributed by atoms with van der Waals surface area (Å²) in [5.74, 6) is -4.37. The molecule has 0 bridgehead atoms. The van der Waals surface area contributed by atoms with E-state index in [0.29, 0.717) is 19.3 Å². The molecule has 5 amide bonds. The van der Waals surface area contributed by atoms with Crippen LogP contribution in [0.25, 0.3) is 0 Å². The number of nitrogens with zero attached hydrogens (tertiary/aromatic N) is 2. The number of rotatable bonds is 45. The first-order valence-electron chi connectivity index (χ1n) is 26.6. The van der Waals surface area contributed by atoms with Crippen LogP contribution in [0.15, 0.2) is 29.3 Å². The van der Waals surface area contributed by atoms with Gasteiger partial charge in [0.1, 0.15) is 6.04 Å². The first kappa shape index (κ1) is 67.4. The molecule has 0 aromatic heterocycles. The number of carboxylic acid groups (broad SMARTS) is 1. The van der Waals surface area contributed by atoms with Crippen LogP contribution in [0.3, 0.4) is 0 Å². The van der Waals surface area contributed by atoms with Crippen molar-refractivity contribution in [2.45, 2.75) is 232 Å². The molecule has 0 aromatic carbocycles. The van der Waals surface area contributed by atoms with Gasteiger partial charge in [0.2, 0.25) is 29.5 Å². The molecule has 0 spiro atoms. The van der Waals surface area contributed by atoms with Crippen molar-refractivity contribution in [3.63, 3.8) is 0 Å². The number of aliphatic imine (C=N–C) groups is 1. The summed E-state index contributed by atoms with van der Waals surface area (Å²) in [6, 6.07) is -0.910. The van der Waals surface area contributed by atoms with Crippen LogP contribution in [-0.4, -0.2) is 96.4 Å². The van der Waals surface area contributed by atoms with Crippen LogP contribution in [0.5, 0.6) is 0 Å². The Bertz CT molecular complexity index is 1400. The highest BCUT2D eigenvalue weighted by Crippen LogP contribution is 2.14. The Hall–Kier alpha value is -4.64. The summed E-state index contributed by atoms with van der Waals surface area (Å²) in [5, 5.41) is 15.6. The fourth-order valence-electron chi connectivity index (χ4n) is 7.35. The monoisotopic (exact) mass is 1000 g/mol. The van der Waals surface area contributed by atoms with E-state index in [0.717, 1.165) is 64.2 Å². The fourth-order valence-corrected chi connectivity index (χ4v) is 7.35. The Morgan fingerprint density at radius 2 is 0.914 bits per heavy atom. The molecule has 0 fully saturated rings. The molecule has 1 atom stereocenters. The normalized spacial score (nSPS) is 11.7. The third-order valence-corrected chi connectivity index (χ3v) is 11.5. The van der Waals surface area contributed by atoms with Crippen molar-refractivity contribution < 1.29 is 47.0 Å². The second-order valence-electron chi connectivity index (χ2n) is 18.0. The lowest BCUT2D eigenvalue weighted by molar-refractivity contribution is -0.192. The van der Waals surface area contributed by atoms with Crippen LogP contribution in [0, 0.1) is 0 Å². The van der Waals surface area contributed by atoms with E-state index >= 15 is 0 Å². The Labute approximate surface area is 419 Å². The molecule has 70 heavy (non-hydrogen) atoms. The molecule has 0 aliphatic rings. The maximum Gasteiger partial charge on any atom is 0.490 e. The summed E-state index contributed by atoms with van der Waals surface area (Å²) in [4.78, 5) is 77.6. The molecule has 18 heteroatoms. The van der Waals surface area contributed by atoms with E-state index in [1.54, 1.807) is 4.90 Å². The van der Waals surface area contributed by atoms with Crippen LogP contribution in [0.2, 0.25) is 0 Å². The van der Waals surface area contributed by atoms with Crippen molar-refractivity contribution in [3.05, 3.63) is 24.3 Å². The standard InChI is InChI=1S/C50H94N8O5.C2HF3O2/c1-3-5-7-9-11-13-15-17-19-21-23-25-27-29-31-35-45(59)54-40-42-58(48(62)38-37-47(61)57-44(49(51)63)34-33-39-56-50(52)53)43-41-55-46(60)36-32-30-28-26-24-22-20-18-16-14-12-10-8-6-4-2;3-2(4,5)1(6)7/h17-20,44H,3-16,21-43H2,1-2H3,(H2,51,63)(H,54,59)(H,55,60)(H,57,61)(H4,52,53,56);(H,6,7)/b19-17-,20-18-;/t44-;/m0./s1. The number of carboxylic acids is 1. The lowest BCUT2D eigenvalue weighted by Gasteiger charge is -2.23. The molecule has 406 valence electrons. The number of amides is 5. The maximum absolute atomic E-state index is 13.3. The van der Waals surface area contributed by atoms with E-state index in [1.165, 1.54) is 103 Å². The minimum Gasteiger partial charge on any atom is -0.475 e. The zero-order chi connectivity index (χ0) is 52.5. The molecule has 0 unspecified atom stereocenters. The van der Waals surface area contributed by atoms with Crippen molar-refractivity contribution in [1.82, 2.24) is 20.9 Å². The average Bonchev–Trinajstić information content (AvgIpc) is 3.30. The fraction of sp³-hybridized carbons (Fsp3) is 0.788. The van der Waals surface area contributed by atoms with Crippen LogP contribution in [-0.2, 0) is 28.8 Å². The smallest absolute Gasteiger partial charge is 0.475 e. The zero-order valence-electron chi connectivity index (χ0n) is 43.2. The first-order chi connectivity index (χ1) is 33.5. The van der Waals surface area contributed by atoms with Crippen molar-refractivity contribution in [1.29, 1.82) is 0 Å².